The third-order valence-electron chi connectivity index (χ3n) is 4.06. The van der Waals surface area contributed by atoms with E-state index in [1.807, 2.05) is 30.3 Å². The molecule has 8 nitrogen and oxygen atoms in total. The quantitative estimate of drug-likeness (QED) is 0.498. The number of rotatable bonds is 7. The Bertz CT molecular complexity index is 719. The van der Waals surface area contributed by atoms with E-state index in [2.05, 4.69) is 22.5 Å². The van der Waals surface area contributed by atoms with Gasteiger partial charge in [0.2, 0.25) is 5.91 Å². The molecule has 0 bridgehead atoms. The van der Waals surface area contributed by atoms with Gasteiger partial charge in [-0.3, -0.25) is 19.8 Å². The van der Waals surface area contributed by atoms with Crippen molar-refractivity contribution in [2.75, 3.05) is 13.1 Å². The molecule has 1 aliphatic heterocycles. The lowest BCUT2D eigenvalue weighted by Gasteiger charge is -2.21. The number of aryl methyl sites for hydroxylation is 1. The summed E-state index contributed by atoms with van der Waals surface area (Å²) < 4.78 is 0. The third kappa shape index (κ3) is 4.69. The van der Waals surface area contributed by atoms with E-state index in [1.165, 1.54) is 6.08 Å². The predicted molar refractivity (Wildman–Crippen MR) is 95.2 cm³/mol. The molecule has 1 aliphatic rings. The SMILES string of the molecule is C=CCNC(=O)NC(=O)CN1C(=O)N[C@@](C)(CCc2ccccc2)C1=O. The van der Waals surface area contributed by atoms with Gasteiger partial charge in [-0.15, -0.1) is 6.58 Å². The lowest BCUT2D eigenvalue weighted by Crippen LogP contribution is -2.47. The third-order valence-corrected chi connectivity index (χ3v) is 4.06. The maximum absolute atomic E-state index is 12.6. The zero-order valence-electron chi connectivity index (χ0n) is 14.6. The molecule has 1 aromatic carbocycles. The fourth-order valence-corrected chi connectivity index (χ4v) is 2.62. The Hall–Kier alpha value is -3.16. The molecule has 0 aromatic heterocycles. The van der Waals surface area contributed by atoms with E-state index in [0.717, 1.165) is 10.5 Å². The minimum absolute atomic E-state index is 0.194. The molecule has 8 heteroatoms. The molecule has 6 amide bonds. The van der Waals surface area contributed by atoms with Crippen LogP contribution in [-0.4, -0.2) is 47.4 Å². The Kier molecular flexibility index (Phi) is 6.11. The van der Waals surface area contributed by atoms with E-state index in [0.29, 0.717) is 12.8 Å². The molecule has 1 fully saturated rings. The summed E-state index contributed by atoms with van der Waals surface area (Å²) in [5.74, 6) is -1.23. The number of carbonyl (C=O) groups excluding carboxylic acids is 4. The number of imide groups is 2. The van der Waals surface area contributed by atoms with Gasteiger partial charge < -0.3 is 10.6 Å². The van der Waals surface area contributed by atoms with Crippen molar-refractivity contribution < 1.29 is 19.2 Å². The van der Waals surface area contributed by atoms with E-state index in [1.54, 1.807) is 6.92 Å². The number of amides is 6. The lowest BCUT2D eigenvalue weighted by molar-refractivity contribution is -0.134. The van der Waals surface area contributed by atoms with Gasteiger partial charge in [-0.05, 0) is 25.3 Å². The molecule has 138 valence electrons. The van der Waals surface area contributed by atoms with Crippen LogP contribution >= 0.6 is 0 Å². The van der Waals surface area contributed by atoms with Crippen LogP contribution in [0.3, 0.4) is 0 Å². The molecule has 0 spiro atoms. The minimum atomic E-state index is -1.09. The molecule has 0 unspecified atom stereocenters. The highest BCUT2D eigenvalue weighted by Crippen LogP contribution is 2.23. The van der Waals surface area contributed by atoms with Crippen LogP contribution in [0.2, 0.25) is 0 Å². The topological polar surface area (TPSA) is 108 Å². The predicted octanol–water partition coefficient (Wildman–Crippen LogP) is 0.941. The average molecular weight is 358 g/mol. The van der Waals surface area contributed by atoms with Crippen LogP contribution in [-0.2, 0) is 16.0 Å². The van der Waals surface area contributed by atoms with Gasteiger partial charge >= 0.3 is 12.1 Å². The van der Waals surface area contributed by atoms with E-state index in [4.69, 9.17) is 0 Å². The zero-order valence-corrected chi connectivity index (χ0v) is 14.6. The molecule has 1 aromatic rings. The fourth-order valence-electron chi connectivity index (χ4n) is 2.62. The summed E-state index contributed by atoms with van der Waals surface area (Å²) in [5.41, 5.74) is -0.0379. The molecule has 26 heavy (non-hydrogen) atoms. The first-order valence-electron chi connectivity index (χ1n) is 8.22. The summed E-state index contributed by atoms with van der Waals surface area (Å²) in [7, 11) is 0. The van der Waals surface area contributed by atoms with Crippen molar-refractivity contribution in [2.24, 2.45) is 0 Å². The molecule has 0 saturated carbocycles. The summed E-state index contributed by atoms with van der Waals surface area (Å²) in [6.07, 6.45) is 2.46. The summed E-state index contributed by atoms with van der Waals surface area (Å²) >= 11 is 0. The number of benzene rings is 1. The first-order chi connectivity index (χ1) is 12.4. The van der Waals surface area contributed by atoms with E-state index in [9.17, 15) is 19.2 Å². The fraction of sp³-hybridized carbons (Fsp3) is 0.333. The standard InChI is InChI=1S/C18H22N4O4/c1-3-11-19-16(25)20-14(23)12-22-15(24)18(2,21-17(22)26)10-9-13-7-5-4-6-8-13/h3-8H,1,9-12H2,2H3,(H,21,26)(H2,19,20,23,25)/t18-/m0/s1. The van der Waals surface area contributed by atoms with Gasteiger partial charge in [-0.2, -0.15) is 0 Å². The molecular weight excluding hydrogens is 336 g/mol. The van der Waals surface area contributed by atoms with Crippen LogP contribution in [0.1, 0.15) is 18.9 Å². The van der Waals surface area contributed by atoms with Crippen molar-refractivity contribution >= 4 is 23.9 Å². The molecule has 2 rings (SSSR count). The number of hydrogen-bond donors (Lipinski definition) is 3. The van der Waals surface area contributed by atoms with Crippen LogP contribution in [0, 0.1) is 0 Å². The molecule has 1 heterocycles. The van der Waals surface area contributed by atoms with Crippen LogP contribution < -0.4 is 16.0 Å². The van der Waals surface area contributed by atoms with Crippen molar-refractivity contribution in [3.05, 3.63) is 48.6 Å². The van der Waals surface area contributed by atoms with Gasteiger partial charge in [0.1, 0.15) is 12.1 Å². The molecule has 3 N–H and O–H groups in total. The number of urea groups is 2. The van der Waals surface area contributed by atoms with Crippen molar-refractivity contribution in [3.8, 4) is 0 Å². The van der Waals surface area contributed by atoms with Crippen molar-refractivity contribution in [2.45, 2.75) is 25.3 Å². The maximum atomic E-state index is 12.6. The van der Waals surface area contributed by atoms with Crippen molar-refractivity contribution in [1.29, 1.82) is 0 Å². The van der Waals surface area contributed by atoms with Crippen molar-refractivity contribution in [1.82, 2.24) is 20.9 Å². The highest BCUT2D eigenvalue weighted by Gasteiger charge is 2.47. The number of hydrogen-bond acceptors (Lipinski definition) is 4. The summed E-state index contributed by atoms with van der Waals surface area (Å²) in [6.45, 7) is 4.74. The summed E-state index contributed by atoms with van der Waals surface area (Å²) in [6, 6.07) is 8.23. The Morgan fingerprint density at radius 2 is 1.96 bits per heavy atom. The second kappa shape index (κ2) is 8.28. The molecule has 0 radical (unpaired) electrons. The average Bonchev–Trinajstić information content (AvgIpc) is 2.82. The molecular formula is C18H22N4O4. The molecule has 1 atom stereocenters. The number of carbonyl (C=O) groups is 4. The second-order valence-electron chi connectivity index (χ2n) is 6.19. The Balaban J connectivity index is 1.93. The molecule has 0 aliphatic carbocycles. The monoisotopic (exact) mass is 358 g/mol. The van der Waals surface area contributed by atoms with Crippen LogP contribution in [0.4, 0.5) is 9.59 Å². The largest absolute Gasteiger partial charge is 0.334 e. The number of nitrogens with zero attached hydrogens (tertiary/aromatic N) is 1. The normalized spacial score (nSPS) is 19.0. The van der Waals surface area contributed by atoms with Gasteiger partial charge in [0.15, 0.2) is 0 Å². The lowest BCUT2D eigenvalue weighted by atomic mass is 9.93. The minimum Gasteiger partial charge on any atom is -0.334 e. The molecule has 1 saturated heterocycles. The highest BCUT2D eigenvalue weighted by atomic mass is 16.2. The summed E-state index contributed by atoms with van der Waals surface area (Å²) in [4.78, 5) is 48.9. The first-order valence-corrected chi connectivity index (χ1v) is 8.22. The van der Waals surface area contributed by atoms with Gasteiger partial charge in [-0.25, -0.2) is 9.59 Å². The second-order valence-corrected chi connectivity index (χ2v) is 6.19. The van der Waals surface area contributed by atoms with E-state index >= 15 is 0 Å². The Morgan fingerprint density at radius 3 is 2.62 bits per heavy atom. The highest BCUT2D eigenvalue weighted by molar-refractivity contribution is 6.09. The first kappa shape index (κ1) is 19.2. The van der Waals surface area contributed by atoms with Gasteiger partial charge in [0.05, 0.1) is 0 Å². The van der Waals surface area contributed by atoms with Gasteiger partial charge in [0, 0.05) is 6.54 Å². The Labute approximate surface area is 151 Å². The van der Waals surface area contributed by atoms with Crippen molar-refractivity contribution in [3.63, 3.8) is 0 Å². The van der Waals surface area contributed by atoms with Crippen LogP contribution in [0.25, 0.3) is 0 Å². The van der Waals surface area contributed by atoms with Gasteiger partial charge in [-0.1, -0.05) is 36.4 Å². The van der Waals surface area contributed by atoms with Crippen LogP contribution in [0.15, 0.2) is 43.0 Å². The maximum Gasteiger partial charge on any atom is 0.325 e. The zero-order chi connectivity index (χ0) is 19.2. The van der Waals surface area contributed by atoms with Gasteiger partial charge in [0.25, 0.3) is 5.91 Å². The smallest absolute Gasteiger partial charge is 0.325 e. The van der Waals surface area contributed by atoms with E-state index < -0.39 is 36.0 Å². The van der Waals surface area contributed by atoms with Crippen LogP contribution in [0.5, 0.6) is 0 Å². The summed E-state index contributed by atoms with van der Waals surface area (Å²) in [5, 5.41) is 7.07. The van der Waals surface area contributed by atoms with E-state index in [-0.39, 0.29) is 6.54 Å². The Morgan fingerprint density at radius 1 is 1.27 bits per heavy atom. The number of nitrogens with one attached hydrogen (secondary N) is 3.